The second kappa shape index (κ2) is 5.56. The number of aliphatic hydroxyl groups is 2. The van der Waals surface area contributed by atoms with Crippen LogP contribution in [0.5, 0.6) is 0 Å². The van der Waals surface area contributed by atoms with E-state index in [0.717, 1.165) is 0 Å². The van der Waals surface area contributed by atoms with Crippen molar-refractivity contribution in [3.63, 3.8) is 0 Å². The van der Waals surface area contributed by atoms with Crippen molar-refractivity contribution in [3.8, 4) is 0 Å². The minimum Gasteiger partial charge on any atom is -0.481 e. The molecule has 1 aromatic rings. The zero-order valence-electron chi connectivity index (χ0n) is 9.57. The predicted octanol–water partition coefficient (Wildman–Crippen LogP) is -0.0428. The lowest BCUT2D eigenvalue weighted by Gasteiger charge is -2.18. The number of hydrogen-bond acceptors (Lipinski definition) is 5. The molecule has 0 aliphatic heterocycles. The van der Waals surface area contributed by atoms with E-state index in [9.17, 15) is 19.8 Å². The van der Waals surface area contributed by atoms with Gasteiger partial charge in [0.25, 0.3) is 0 Å². The van der Waals surface area contributed by atoms with Crippen LogP contribution in [-0.2, 0) is 4.79 Å². The Kier molecular flexibility index (Phi) is 4.35. The molecule has 1 rings (SSSR count). The zero-order valence-corrected chi connectivity index (χ0v) is 9.57. The van der Waals surface area contributed by atoms with Gasteiger partial charge in [0.2, 0.25) is 0 Å². The summed E-state index contributed by atoms with van der Waals surface area (Å²) in [5.41, 5.74) is 0.0883. The van der Waals surface area contributed by atoms with E-state index in [1.54, 1.807) is 6.92 Å². The van der Waals surface area contributed by atoms with Gasteiger partial charge in [-0.2, -0.15) is 0 Å². The molecule has 2 atom stereocenters. The fourth-order valence-electron chi connectivity index (χ4n) is 1.49. The van der Waals surface area contributed by atoms with Crippen LogP contribution in [0.3, 0.4) is 0 Å². The van der Waals surface area contributed by atoms with Crippen molar-refractivity contribution in [2.45, 2.75) is 25.6 Å². The lowest BCUT2D eigenvalue weighted by Crippen LogP contribution is -2.24. The molecule has 1 aromatic heterocycles. The summed E-state index contributed by atoms with van der Waals surface area (Å²) in [6.07, 6.45) is -2.58. The molecule has 0 saturated heterocycles. The van der Waals surface area contributed by atoms with Gasteiger partial charge in [0.05, 0.1) is 12.5 Å². The first kappa shape index (κ1) is 14.1. The number of hydrogen-bond donors (Lipinski definition) is 4. The Morgan fingerprint density at radius 2 is 1.94 bits per heavy atom. The normalized spacial score (nSPS) is 13.9. The third-order valence-corrected chi connectivity index (χ3v) is 2.32. The number of aliphatic hydroxyl groups excluding tert-OH is 2. The van der Waals surface area contributed by atoms with E-state index < -0.39 is 36.3 Å². The average Bonchev–Trinajstić information content (AvgIpc) is 2.26. The highest BCUT2D eigenvalue weighted by Crippen LogP contribution is 2.22. The molecule has 7 nitrogen and oxygen atoms in total. The number of rotatable bonds is 5. The Morgan fingerprint density at radius 1 is 1.33 bits per heavy atom. The summed E-state index contributed by atoms with van der Waals surface area (Å²) in [5, 5.41) is 36.7. The third kappa shape index (κ3) is 3.25. The van der Waals surface area contributed by atoms with Crippen molar-refractivity contribution >= 4 is 11.9 Å². The van der Waals surface area contributed by atoms with E-state index in [2.05, 4.69) is 4.98 Å². The lowest BCUT2D eigenvalue weighted by atomic mass is 9.99. The molecule has 98 valence electrons. The number of aliphatic carboxylic acids is 1. The molecule has 7 heteroatoms. The van der Waals surface area contributed by atoms with Crippen LogP contribution in [0.2, 0.25) is 0 Å². The largest absolute Gasteiger partial charge is 0.481 e. The molecule has 0 spiro atoms. The fourth-order valence-corrected chi connectivity index (χ4v) is 1.49. The van der Waals surface area contributed by atoms with E-state index in [4.69, 9.17) is 10.2 Å². The number of carboxylic acid groups (broad SMARTS) is 2. The number of pyridine rings is 1. The summed E-state index contributed by atoms with van der Waals surface area (Å²) in [5.74, 6) is -2.65. The predicted molar refractivity (Wildman–Crippen MR) is 59.2 cm³/mol. The quantitative estimate of drug-likeness (QED) is 0.581. The van der Waals surface area contributed by atoms with Gasteiger partial charge in [-0.1, -0.05) is 0 Å². The van der Waals surface area contributed by atoms with Gasteiger partial charge in [0.1, 0.15) is 6.10 Å². The second-order valence-corrected chi connectivity index (χ2v) is 3.87. The van der Waals surface area contributed by atoms with Crippen molar-refractivity contribution in [1.82, 2.24) is 4.98 Å². The third-order valence-electron chi connectivity index (χ3n) is 2.32. The van der Waals surface area contributed by atoms with E-state index in [0.29, 0.717) is 5.56 Å². The summed E-state index contributed by atoms with van der Waals surface area (Å²) < 4.78 is 0. The number of aromatic carboxylic acids is 1. The molecular weight excluding hydrogens is 242 g/mol. The number of carboxylic acids is 2. The molecule has 1 heterocycles. The maximum Gasteiger partial charge on any atom is 0.354 e. The molecule has 0 amide bonds. The summed E-state index contributed by atoms with van der Waals surface area (Å²) in [7, 11) is 0. The molecule has 0 saturated carbocycles. The van der Waals surface area contributed by atoms with Crippen LogP contribution in [-0.4, -0.2) is 43.5 Å². The van der Waals surface area contributed by atoms with E-state index in [1.165, 1.54) is 12.3 Å². The second-order valence-electron chi connectivity index (χ2n) is 3.87. The van der Waals surface area contributed by atoms with Crippen molar-refractivity contribution in [3.05, 3.63) is 29.1 Å². The van der Waals surface area contributed by atoms with E-state index in [1.807, 2.05) is 0 Å². The molecule has 2 unspecified atom stereocenters. The molecule has 0 fully saturated rings. The summed E-state index contributed by atoms with van der Waals surface area (Å²) >= 11 is 0. The van der Waals surface area contributed by atoms with Crippen LogP contribution >= 0.6 is 0 Å². The van der Waals surface area contributed by atoms with Gasteiger partial charge >= 0.3 is 11.9 Å². The zero-order chi connectivity index (χ0) is 13.9. The average molecular weight is 255 g/mol. The minimum atomic E-state index is -1.61. The molecule has 0 radical (unpaired) electrons. The van der Waals surface area contributed by atoms with Crippen LogP contribution in [0.1, 0.15) is 34.1 Å². The molecule has 0 aromatic carbocycles. The van der Waals surface area contributed by atoms with Gasteiger partial charge < -0.3 is 20.4 Å². The SMILES string of the molecule is Cc1cnc(C(=O)O)c(C(O)C(O)CC(=O)O)c1. The first-order chi connectivity index (χ1) is 8.32. The number of aryl methyl sites for hydroxylation is 1. The van der Waals surface area contributed by atoms with Gasteiger partial charge in [-0.3, -0.25) is 4.79 Å². The monoisotopic (exact) mass is 255 g/mol. The van der Waals surface area contributed by atoms with Gasteiger partial charge in [-0.15, -0.1) is 0 Å². The van der Waals surface area contributed by atoms with Crippen molar-refractivity contribution in [2.24, 2.45) is 0 Å². The van der Waals surface area contributed by atoms with Crippen LogP contribution in [0.4, 0.5) is 0 Å². The van der Waals surface area contributed by atoms with E-state index in [-0.39, 0.29) is 5.56 Å². The molecule has 0 aliphatic carbocycles. The first-order valence-corrected chi connectivity index (χ1v) is 5.10. The van der Waals surface area contributed by atoms with Gasteiger partial charge in [0.15, 0.2) is 5.69 Å². The standard InChI is InChI=1S/C11H13NO6/c1-5-2-6(9(11(17)18)12-4-5)10(16)7(13)3-8(14)15/h2,4,7,10,13,16H,3H2,1H3,(H,14,15)(H,17,18). The van der Waals surface area contributed by atoms with Gasteiger partial charge in [0, 0.05) is 11.8 Å². The minimum absolute atomic E-state index is 0.101. The Morgan fingerprint density at radius 3 is 2.44 bits per heavy atom. The smallest absolute Gasteiger partial charge is 0.354 e. The molecular formula is C11H13NO6. The summed E-state index contributed by atoms with van der Waals surface area (Å²) in [6.45, 7) is 1.64. The maximum absolute atomic E-state index is 10.9. The van der Waals surface area contributed by atoms with Crippen molar-refractivity contribution < 1.29 is 30.0 Å². The van der Waals surface area contributed by atoms with Crippen LogP contribution in [0, 0.1) is 6.92 Å². The molecule has 0 aliphatic rings. The van der Waals surface area contributed by atoms with Crippen LogP contribution < -0.4 is 0 Å². The van der Waals surface area contributed by atoms with Crippen LogP contribution in [0.15, 0.2) is 12.3 Å². The van der Waals surface area contributed by atoms with Crippen LogP contribution in [0.25, 0.3) is 0 Å². The number of aromatic nitrogens is 1. The summed E-state index contributed by atoms with van der Waals surface area (Å²) in [4.78, 5) is 25.0. The lowest BCUT2D eigenvalue weighted by molar-refractivity contribution is -0.141. The van der Waals surface area contributed by atoms with Crippen molar-refractivity contribution in [2.75, 3.05) is 0 Å². The Balaban J connectivity index is 3.10. The Bertz CT molecular complexity index is 473. The highest BCUT2D eigenvalue weighted by atomic mass is 16.4. The van der Waals surface area contributed by atoms with Crippen molar-refractivity contribution in [1.29, 1.82) is 0 Å². The van der Waals surface area contributed by atoms with E-state index >= 15 is 0 Å². The topological polar surface area (TPSA) is 128 Å². The maximum atomic E-state index is 10.9. The highest BCUT2D eigenvalue weighted by Gasteiger charge is 2.26. The molecule has 18 heavy (non-hydrogen) atoms. The molecule has 4 N–H and O–H groups in total. The Labute approximate surface area is 102 Å². The summed E-state index contributed by atoms with van der Waals surface area (Å²) in [6, 6.07) is 1.35. The Hall–Kier alpha value is -1.99. The highest BCUT2D eigenvalue weighted by molar-refractivity contribution is 5.87. The molecule has 0 bridgehead atoms. The van der Waals surface area contributed by atoms with Gasteiger partial charge in [-0.25, -0.2) is 9.78 Å². The fraction of sp³-hybridized carbons (Fsp3) is 0.364. The first-order valence-electron chi connectivity index (χ1n) is 5.10. The van der Waals surface area contributed by atoms with Gasteiger partial charge in [-0.05, 0) is 18.6 Å². The number of nitrogens with zero attached hydrogens (tertiary/aromatic N) is 1. The number of carbonyl (C=O) groups is 2.